The van der Waals surface area contributed by atoms with E-state index in [1.165, 1.54) is 56.0 Å². The molecule has 0 amide bonds. The van der Waals surface area contributed by atoms with Crippen molar-refractivity contribution >= 4 is 11.3 Å². The standard InChI is InChI=1S/C17H29N3S/c1-17(2,3)16-19-15(12-21-16)11-20-8-6-14(7-9-20)18-10-13-4-5-13/h12-14,18H,4-11H2,1-3H3. The van der Waals surface area contributed by atoms with Crippen LogP contribution in [0.2, 0.25) is 0 Å². The first-order chi connectivity index (χ1) is 10.0. The van der Waals surface area contributed by atoms with Crippen LogP contribution in [-0.4, -0.2) is 35.6 Å². The molecule has 0 unspecified atom stereocenters. The Morgan fingerprint density at radius 2 is 1.95 bits per heavy atom. The lowest BCUT2D eigenvalue weighted by Crippen LogP contribution is -2.42. The number of nitrogens with one attached hydrogen (secondary N) is 1. The van der Waals surface area contributed by atoms with Gasteiger partial charge in [-0.15, -0.1) is 11.3 Å². The molecule has 1 aromatic rings. The number of nitrogens with zero attached hydrogens (tertiary/aromatic N) is 2. The Labute approximate surface area is 133 Å². The van der Waals surface area contributed by atoms with Crippen molar-refractivity contribution in [3.8, 4) is 0 Å². The molecule has 1 aromatic heterocycles. The third-order valence-electron chi connectivity index (χ3n) is 4.56. The first-order valence-electron chi connectivity index (χ1n) is 8.41. The van der Waals surface area contributed by atoms with Crippen molar-refractivity contribution in [2.24, 2.45) is 5.92 Å². The SMILES string of the molecule is CC(C)(C)c1nc(CN2CCC(NCC3CC3)CC2)cs1. The minimum atomic E-state index is 0.183. The zero-order chi connectivity index (χ0) is 14.9. The number of rotatable bonds is 5. The average molecular weight is 308 g/mol. The smallest absolute Gasteiger partial charge is 0.0982 e. The van der Waals surface area contributed by atoms with E-state index in [1.807, 2.05) is 11.3 Å². The molecule has 3 nitrogen and oxygen atoms in total. The minimum Gasteiger partial charge on any atom is -0.314 e. The van der Waals surface area contributed by atoms with Gasteiger partial charge in [0.25, 0.3) is 0 Å². The van der Waals surface area contributed by atoms with Gasteiger partial charge in [-0.05, 0) is 38.1 Å². The number of likely N-dealkylation sites (tertiary alicyclic amines) is 1. The van der Waals surface area contributed by atoms with E-state index in [-0.39, 0.29) is 5.41 Å². The Morgan fingerprint density at radius 1 is 1.24 bits per heavy atom. The Hall–Kier alpha value is -0.450. The molecule has 0 spiro atoms. The van der Waals surface area contributed by atoms with Crippen LogP contribution in [0.3, 0.4) is 0 Å². The molecule has 0 aromatic carbocycles. The second kappa shape index (κ2) is 6.35. The van der Waals surface area contributed by atoms with E-state index in [0.717, 1.165) is 18.5 Å². The quantitative estimate of drug-likeness (QED) is 0.903. The second-order valence-electron chi connectivity index (χ2n) is 7.80. The predicted molar refractivity (Wildman–Crippen MR) is 89.8 cm³/mol. The Balaban J connectivity index is 1.43. The summed E-state index contributed by atoms with van der Waals surface area (Å²) in [6, 6.07) is 0.752. The molecule has 0 bridgehead atoms. The van der Waals surface area contributed by atoms with Gasteiger partial charge in [0.1, 0.15) is 0 Å². The van der Waals surface area contributed by atoms with Crippen LogP contribution in [-0.2, 0) is 12.0 Å². The lowest BCUT2D eigenvalue weighted by Gasteiger charge is -2.32. The van der Waals surface area contributed by atoms with Crippen molar-refractivity contribution in [1.29, 1.82) is 0 Å². The van der Waals surface area contributed by atoms with Crippen molar-refractivity contribution in [1.82, 2.24) is 15.2 Å². The zero-order valence-electron chi connectivity index (χ0n) is 13.7. The van der Waals surface area contributed by atoms with Crippen molar-refractivity contribution in [2.75, 3.05) is 19.6 Å². The molecule has 1 N–H and O–H groups in total. The van der Waals surface area contributed by atoms with Gasteiger partial charge in [0.2, 0.25) is 0 Å². The highest BCUT2D eigenvalue weighted by Gasteiger charge is 2.25. The van der Waals surface area contributed by atoms with Crippen LogP contribution in [0.15, 0.2) is 5.38 Å². The maximum atomic E-state index is 4.82. The monoisotopic (exact) mass is 307 g/mol. The lowest BCUT2D eigenvalue weighted by molar-refractivity contribution is 0.188. The summed E-state index contributed by atoms with van der Waals surface area (Å²) in [7, 11) is 0. The lowest BCUT2D eigenvalue weighted by atomic mass is 9.98. The molecule has 1 aliphatic carbocycles. The van der Waals surface area contributed by atoms with Gasteiger partial charge in [-0.2, -0.15) is 0 Å². The highest BCUT2D eigenvalue weighted by molar-refractivity contribution is 7.09. The number of thiazole rings is 1. The summed E-state index contributed by atoms with van der Waals surface area (Å²) >= 11 is 1.81. The predicted octanol–water partition coefficient (Wildman–Crippen LogP) is 3.40. The zero-order valence-corrected chi connectivity index (χ0v) is 14.5. The Kier molecular flexibility index (Phi) is 4.67. The number of piperidine rings is 1. The summed E-state index contributed by atoms with van der Waals surface area (Å²) < 4.78 is 0. The Bertz CT molecular complexity index is 451. The van der Waals surface area contributed by atoms with Gasteiger partial charge in [-0.3, -0.25) is 4.90 Å². The van der Waals surface area contributed by atoms with Crippen LogP contribution in [0.4, 0.5) is 0 Å². The van der Waals surface area contributed by atoms with Crippen LogP contribution in [0.1, 0.15) is 57.2 Å². The maximum absolute atomic E-state index is 4.82. The molecular weight excluding hydrogens is 278 g/mol. The largest absolute Gasteiger partial charge is 0.314 e. The van der Waals surface area contributed by atoms with Crippen molar-refractivity contribution in [2.45, 2.75) is 64.5 Å². The fraction of sp³-hybridized carbons (Fsp3) is 0.824. The minimum absolute atomic E-state index is 0.183. The van der Waals surface area contributed by atoms with Crippen molar-refractivity contribution in [3.05, 3.63) is 16.1 Å². The summed E-state index contributed by atoms with van der Waals surface area (Å²) in [5.74, 6) is 0.994. The van der Waals surface area contributed by atoms with Gasteiger partial charge in [0.15, 0.2) is 0 Å². The molecule has 21 heavy (non-hydrogen) atoms. The van der Waals surface area contributed by atoms with Gasteiger partial charge in [0.05, 0.1) is 10.7 Å². The fourth-order valence-corrected chi connectivity index (χ4v) is 3.80. The van der Waals surface area contributed by atoms with Gasteiger partial charge < -0.3 is 5.32 Å². The van der Waals surface area contributed by atoms with E-state index in [0.29, 0.717) is 0 Å². The third-order valence-corrected chi connectivity index (χ3v) is 5.88. The van der Waals surface area contributed by atoms with E-state index >= 15 is 0 Å². The van der Waals surface area contributed by atoms with Crippen molar-refractivity contribution in [3.63, 3.8) is 0 Å². The highest BCUT2D eigenvalue weighted by Crippen LogP contribution is 2.28. The molecule has 118 valence electrons. The number of hydrogen-bond donors (Lipinski definition) is 1. The van der Waals surface area contributed by atoms with E-state index in [4.69, 9.17) is 4.98 Å². The summed E-state index contributed by atoms with van der Waals surface area (Å²) in [5.41, 5.74) is 1.44. The van der Waals surface area contributed by atoms with Crippen molar-refractivity contribution < 1.29 is 0 Å². The summed E-state index contributed by atoms with van der Waals surface area (Å²) in [6.45, 7) is 11.4. The summed E-state index contributed by atoms with van der Waals surface area (Å²) in [4.78, 5) is 7.39. The molecule has 0 atom stereocenters. The van der Waals surface area contributed by atoms with E-state index in [1.54, 1.807) is 0 Å². The summed E-state index contributed by atoms with van der Waals surface area (Å²) in [5, 5.41) is 7.26. The molecular formula is C17H29N3S. The molecule has 1 saturated carbocycles. The van der Waals surface area contributed by atoms with Crippen LogP contribution >= 0.6 is 11.3 Å². The first kappa shape index (κ1) is 15.4. The number of aromatic nitrogens is 1. The second-order valence-corrected chi connectivity index (χ2v) is 8.65. The van der Waals surface area contributed by atoms with Crippen LogP contribution < -0.4 is 5.32 Å². The highest BCUT2D eigenvalue weighted by atomic mass is 32.1. The first-order valence-corrected chi connectivity index (χ1v) is 9.29. The molecule has 1 saturated heterocycles. The van der Waals surface area contributed by atoms with Crippen LogP contribution in [0.5, 0.6) is 0 Å². The van der Waals surface area contributed by atoms with Gasteiger partial charge in [-0.1, -0.05) is 20.8 Å². The van der Waals surface area contributed by atoms with Gasteiger partial charge in [0, 0.05) is 36.5 Å². The van der Waals surface area contributed by atoms with E-state index in [2.05, 4.69) is 36.4 Å². The number of hydrogen-bond acceptors (Lipinski definition) is 4. The normalized spacial score (nSPS) is 21.9. The molecule has 2 fully saturated rings. The molecule has 2 heterocycles. The molecule has 4 heteroatoms. The van der Waals surface area contributed by atoms with Crippen LogP contribution in [0.25, 0.3) is 0 Å². The molecule has 1 aliphatic heterocycles. The van der Waals surface area contributed by atoms with E-state index in [9.17, 15) is 0 Å². The van der Waals surface area contributed by atoms with Gasteiger partial charge in [-0.25, -0.2) is 4.98 Å². The van der Waals surface area contributed by atoms with Crippen LogP contribution in [0, 0.1) is 5.92 Å². The average Bonchev–Trinajstić information content (AvgIpc) is 3.14. The third kappa shape index (κ3) is 4.51. The van der Waals surface area contributed by atoms with Gasteiger partial charge >= 0.3 is 0 Å². The molecule has 0 radical (unpaired) electrons. The fourth-order valence-electron chi connectivity index (χ4n) is 2.90. The molecule has 3 rings (SSSR count). The summed E-state index contributed by atoms with van der Waals surface area (Å²) in [6.07, 6.45) is 5.49. The maximum Gasteiger partial charge on any atom is 0.0982 e. The topological polar surface area (TPSA) is 28.2 Å². The Morgan fingerprint density at radius 3 is 2.52 bits per heavy atom. The molecule has 2 aliphatic rings. The van der Waals surface area contributed by atoms with E-state index < -0.39 is 0 Å².